The van der Waals surface area contributed by atoms with Gasteiger partial charge < -0.3 is 16.0 Å². The van der Waals surface area contributed by atoms with Crippen LogP contribution in [0, 0.1) is 6.92 Å². The number of aryl methyl sites for hydroxylation is 1. The minimum Gasteiger partial charge on any atom is -0.328 e. The van der Waals surface area contributed by atoms with Crippen molar-refractivity contribution in [1.82, 2.24) is 4.90 Å². The minimum atomic E-state index is -0.656. The number of halogens is 1. The molecule has 24 heavy (non-hydrogen) atoms. The first-order chi connectivity index (χ1) is 10.9. The lowest BCUT2D eigenvalue weighted by molar-refractivity contribution is -0.156. The van der Waals surface area contributed by atoms with Crippen LogP contribution in [0.25, 0.3) is 0 Å². The lowest BCUT2D eigenvalue weighted by Crippen LogP contribution is -2.66. The average Bonchev–Trinajstić information content (AvgIpc) is 2.39. The van der Waals surface area contributed by atoms with Gasteiger partial charge in [0, 0.05) is 27.8 Å². The molecule has 0 aromatic heterocycles. The molecule has 0 atom stereocenters. The van der Waals surface area contributed by atoms with Crippen molar-refractivity contribution < 1.29 is 9.59 Å². The largest absolute Gasteiger partial charge is 0.328 e. The molecule has 0 aliphatic carbocycles. The third-order valence-corrected chi connectivity index (χ3v) is 4.81. The van der Waals surface area contributed by atoms with Crippen molar-refractivity contribution in [2.75, 3.05) is 5.32 Å². The molecule has 3 N–H and O–H groups in total. The van der Waals surface area contributed by atoms with Gasteiger partial charge in [-0.15, -0.1) is 0 Å². The number of nitrogens with zero attached hydrogens (tertiary/aromatic N) is 1. The fourth-order valence-electron chi connectivity index (χ4n) is 3.91. The molecule has 1 fully saturated rings. The van der Waals surface area contributed by atoms with Gasteiger partial charge in [0.25, 0.3) is 0 Å². The summed E-state index contributed by atoms with van der Waals surface area (Å²) < 4.78 is 0. The van der Waals surface area contributed by atoms with Gasteiger partial charge in [-0.3, -0.25) is 9.59 Å². The molecule has 6 heteroatoms. The van der Waals surface area contributed by atoms with E-state index in [0.29, 0.717) is 23.6 Å². The van der Waals surface area contributed by atoms with Crippen molar-refractivity contribution in [3.8, 4) is 0 Å². The molecule has 1 aromatic rings. The van der Waals surface area contributed by atoms with Crippen molar-refractivity contribution in [3.05, 3.63) is 28.8 Å². The first kappa shape index (κ1) is 18.7. The number of benzene rings is 1. The maximum absolute atomic E-state index is 12.9. The summed E-state index contributed by atoms with van der Waals surface area (Å²) in [7, 11) is 0. The molecule has 1 saturated heterocycles. The monoisotopic (exact) mass is 351 g/mol. The summed E-state index contributed by atoms with van der Waals surface area (Å²) in [5, 5.41) is 3.20. The number of piperidine rings is 1. The van der Waals surface area contributed by atoms with Crippen LogP contribution in [0.1, 0.15) is 46.1 Å². The summed E-state index contributed by atoms with van der Waals surface area (Å²) in [4.78, 5) is 27.1. The predicted octanol–water partition coefficient (Wildman–Crippen LogP) is 3.09. The normalized spacial score (nSPS) is 19.9. The van der Waals surface area contributed by atoms with Gasteiger partial charge in [0.05, 0.1) is 0 Å². The number of hydrogen-bond donors (Lipinski definition) is 2. The van der Waals surface area contributed by atoms with E-state index in [1.807, 2.05) is 34.6 Å². The van der Waals surface area contributed by atoms with Gasteiger partial charge in [0.15, 0.2) is 0 Å². The van der Waals surface area contributed by atoms with Crippen LogP contribution in [0.15, 0.2) is 18.2 Å². The maximum atomic E-state index is 12.9. The summed E-state index contributed by atoms with van der Waals surface area (Å²) in [5.41, 5.74) is 6.55. The molecule has 1 aliphatic rings. The summed E-state index contributed by atoms with van der Waals surface area (Å²) >= 11 is 5.97. The fraction of sp³-hybridized carbons (Fsp3) is 0.556. The second kappa shape index (κ2) is 6.37. The van der Waals surface area contributed by atoms with Crippen LogP contribution < -0.4 is 11.1 Å². The van der Waals surface area contributed by atoms with Crippen molar-refractivity contribution in [2.45, 2.75) is 64.6 Å². The third kappa shape index (κ3) is 3.73. The minimum absolute atomic E-state index is 0.0114. The van der Waals surface area contributed by atoms with Crippen molar-refractivity contribution in [3.63, 3.8) is 0 Å². The SMILES string of the molecule is Cc1ccc(Cl)cc1NC(=O)C(=O)N1C(C)(C)CC(N)CC1(C)C. The fourth-order valence-corrected chi connectivity index (χ4v) is 4.09. The summed E-state index contributed by atoms with van der Waals surface area (Å²) in [6.45, 7) is 9.64. The van der Waals surface area contributed by atoms with Crippen LogP contribution in [0.5, 0.6) is 0 Å². The summed E-state index contributed by atoms with van der Waals surface area (Å²) in [6.07, 6.45) is 1.32. The van der Waals surface area contributed by atoms with E-state index < -0.39 is 22.9 Å². The Morgan fingerprint density at radius 1 is 1.21 bits per heavy atom. The number of anilines is 1. The molecule has 0 saturated carbocycles. The van der Waals surface area contributed by atoms with Gasteiger partial charge in [-0.25, -0.2) is 0 Å². The highest BCUT2D eigenvalue weighted by molar-refractivity contribution is 6.40. The van der Waals surface area contributed by atoms with E-state index in [9.17, 15) is 9.59 Å². The molecule has 0 spiro atoms. The predicted molar refractivity (Wildman–Crippen MR) is 97.0 cm³/mol. The van der Waals surface area contributed by atoms with E-state index >= 15 is 0 Å². The van der Waals surface area contributed by atoms with Crippen LogP contribution in [-0.2, 0) is 9.59 Å². The standard InChI is InChI=1S/C18H26ClN3O2/c1-11-6-7-12(19)8-14(11)21-15(23)16(24)22-17(2,3)9-13(20)10-18(22,4)5/h6-8,13H,9-10,20H2,1-5H3,(H,21,23). The van der Waals surface area contributed by atoms with Gasteiger partial charge >= 0.3 is 11.8 Å². The molecular weight excluding hydrogens is 326 g/mol. The number of likely N-dealkylation sites (tertiary alicyclic amines) is 1. The number of carbonyl (C=O) groups is 2. The molecule has 132 valence electrons. The zero-order valence-corrected chi connectivity index (χ0v) is 15.7. The topological polar surface area (TPSA) is 75.4 Å². The molecule has 0 unspecified atom stereocenters. The molecule has 1 aromatic carbocycles. The second-order valence-corrected chi connectivity index (χ2v) is 8.28. The van der Waals surface area contributed by atoms with Crippen LogP contribution in [0.3, 0.4) is 0 Å². The summed E-state index contributed by atoms with van der Waals surface area (Å²) in [6, 6.07) is 5.20. The highest BCUT2D eigenvalue weighted by atomic mass is 35.5. The highest BCUT2D eigenvalue weighted by Gasteiger charge is 2.48. The molecule has 1 aliphatic heterocycles. The second-order valence-electron chi connectivity index (χ2n) is 7.85. The first-order valence-corrected chi connectivity index (χ1v) is 8.49. The number of carbonyl (C=O) groups excluding carboxylic acids is 2. The lowest BCUT2D eigenvalue weighted by Gasteiger charge is -2.54. The number of hydrogen-bond acceptors (Lipinski definition) is 3. The molecular formula is C18H26ClN3O2. The Balaban J connectivity index is 2.26. The maximum Gasteiger partial charge on any atom is 0.313 e. The van der Waals surface area contributed by atoms with Crippen LogP contribution in [0.2, 0.25) is 5.02 Å². The number of amides is 2. The van der Waals surface area contributed by atoms with Gasteiger partial charge in [-0.2, -0.15) is 0 Å². The molecule has 2 amide bonds. The van der Waals surface area contributed by atoms with Crippen LogP contribution in [0.4, 0.5) is 5.69 Å². The molecule has 1 heterocycles. The Labute approximate surface area is 148 Å². The Bertz CT molecular complexity index is 652. The van der Waals surface area contributed by atoms with Crippen LogP contribution >= 0.6 is 11.6 Å². The van der Waals surface area contributed by atoms with Crippen molar-refractivity contribution >= 4 is 29.1 Å². The number of nitrogens with two attached hydrogens (primary N) is 1. The first-order valence-electron chi connectivity index (χ1n) is 8.11. The van der Waals surface area contributed by atoms with Crippen LogP contribution in [-0.4, -0.2) is 33.8 Å². The Morgan fingerprint density at radius 3 is 2.29 bits per heavy atom. The Morgan fingerprint density at radius 2 is 1.75 bits per heavy atom. The van der Waals surface area contributed by atoms with E-state index in [1.165, 1.54) is 0 Å². The molecule has 5 nitrogen and oxygen atoms in total. The number of nitrogens with one attached hydrogen (secondary N) is 1. The average molecular weight is 352 g/mol. The highest BCUT2D eigenvalue weighted by Crippen LogP contribution is 2.38. The third-order valence-electron chi connectivity index (χ3n) is 4.58. The van der Waals surface area contributed by atoms with E-state index in [4.69, 9.17) is 17.3 Å². The molecule has 0 radical (unpaired) electrons. The van der Waals surface area contributed by atoms with Gasteiger partial charge in [0.1, 0.15) is 0 Å². The zero-order chi connectivity index (χ0) is 18.3. The van der Waals surface area contributed by atoms with Gasteiger partial charge in [-0.05, 0) is 65.2 Å². The van der Waals surface area contributed by atoms with Gasteiger partial charge in [-0.1, -0.05) is 17.7 Å². The quantitative estimate of drug-likeness (QED) is 0.763. The smallest absolute Gasteiger partial charge is 0.313 e. The van der Waals surface area contributed by atoms with Crippen molar-refractivity contribution in [1.29, 1.82) is 0 Å². The van der Waals surface area contributed by atoms with Crippen molar-refractivity contribution in [2.24, 2.45) is 5.73 Å². The molecule has 0 bridgehead atoms. The van der Waals surface area contributed by atoms with E-state index in [-0.39, 0.29) is 6.04 Å². The molecule has 2 rings (SSSR count). The Hall–Kier alpha value is -1.59. The summed E-state index contributed by atoms with van der Waals surface area (Å²) in [5.74, 6) is -1.20. The Kier molecular flexibility index (Phi) is 4.98. The van der Waals surface area contributed by atoms with E-state index in [1.54, 1.807) is 23.1 Å². The van der Waals surface area contributed by atoms with E-state index in [2.05, 4.69) is 5.32 Å². The zero-order valence-electron chi connectivity index (χ0n) is 14.9. The lowest BCUT2D eigenvalue weighted by atomic mass is 9.77. The van der Waals surface area contributed by atoms with Gasteiger partial charge in [0.2, 0.25) is 0 Å². The van der Waals surface area contributed by atoms with E-state index in [0.717, 1.165) is 5.56 Å². The number of rotatable bonds is 1.